The number of aromatic amines is 1. The van der Waals surface area contributed by atoms with Crippen LogP contribution in [0.4, 0.5) is 0 Å². The van der Waals surface area contributed by atoms with Crippen LogP contribution >= 0.6 is 27.5 Å². The quantitative estimate of drug-likeness (QED) is 0.694. The zero-order chi connectivity index (χ0) is 7.84. The molecule has 2 nitrogen and oxygen atoms in total. The second-order valence-corrected chi connectivity index (χ2v) is 3.32. The highest BCUT2D eigenvalue weighted by Crippen LogP contribution is 2.27. The van der Waals surface area contributed by atoms with Crippen molar-refractivity contribution in [3.8, 4) is 0 Å². The standard InChI is InChI=1S/C7H4BrClN2/c8-6-4-1-2-10-5(4)3-11-7(6)9/h1-3,10H. The number of hydrogen-bond acceptors (Lipinski definition) is 1. The molecule has 0 atom stereocenters. The van der Waals surface area contributed by atoms with Gasteiger partial charge < -0.3 is 4.98 Å². The number of H-pyrrole nitrogens is 1. The molecule has 0 saturated carbocycles. The molecule has 1 N–H and O–H groups in total. The third kappa shape index (κ3) is 1.04. The molecule has 2 heterocycles. The fourth-order valence-electron chi connectivity index (χ4n) is 0.970. The molecule has 0 aliphatic carbocycles. The zero-order valence-corrected chi connectivity index (χ0v) is 7.78. The lowest BCUT2D eigenvalue weighted by molar-refractivity contribution is 1.32. The smallest absolute Gasteiger partial charge is 0.143 e. The molecule has 56 valence electrons. The van der Waals surface area contributed by atoms with Crippen LogP contribution in [0.2, 0.25) is 5.15 Å². The van der Waals surface area contributed by atoms with Crippen LogP contribution in [-0.2, 0) is 0 Å². The third-order valence-corrected chi connectivity index (χ3v) is 2.82. The summed E-state index contributed by atoms with van der Waals surface area (Å²) in [6.07, 6.45) is 3.57. The molecular formula is C7H4BrClN2. The highest BCUT2D eigenvalue weighted by Gasteiger charge is 2.03. The molecule has 0 aliphatic heterocycles. The average molecular weight is 231 g/mol. The Kier molecular flexibility index (Phi) is 1.62. The van der Waals surface area contributed by atoms with Gasteiger partial charge in [0.2, 0.25) is 0 Å². The van der Waals surface area contributed by atoms with Gasteiger partial charge in [-0.05, 0) is 22.0 Å². The minimum absolute atomic E-state index is 0.497. The van der Waals surface area contributed by atoms with Gasteiger partial charge in [-0.1, -0.05) is 11.6 Å². The van der Waals surface area contributed by atoms with E-state index < -0.39 is 0 Å². The van der Waals surface area contributed by atoms with Gasteiger partial charge in [-0.2, -0.15) is 0 Å². The SMILES string of the molecule is Clc1ncc2[nH]ccc2c1Br. The molecule has 0 spiro atoms. The van der Waals surface area contributed by atoms with Crippen LogP contribution in [0, 0.1) is 0 Å². The second kappa shape index (κ2) is 2.50. The molecule has 0 saturated heterocycles. The number of nitrogens with zero attached hydrogens (tertiary/aromatic N) is 1. The van der Waals surface area contributed by atoms with Crippen molar-refractivity contribution in [2.24, 2.45) is 0 Å². The lowest BCUT2D eigenvalue weighted by Crippen LogP contribution is -1.77. The first-order valence-electron chi connectivity index (χ1n) is 3.06. The van der Waals surface area contributed by atoms with Crippen molar-refractivity contribution in [1.82, 2.24) is 9.97 Å². The Labute approximate surface area is 76.7 Å². The van der Waals surface area contributed by atoms with E-state index in [9.17, 15) is 0 Å². The minimum atomic E-state index is 0.497. The van der Waals surface area contributed by atoms with E-state index in [1.807, 2.05) is 12.3 Å². The van der Waals surface area contributed by atoms with Crippen molar-refractivity contribution < 1.29 is 0 Å². The highest BCUT2D eigenvalue weighted by atomic mass is 79.9. The van der Waals surface area contributed by atoms with Gasteiger partial charge in [-0.25, -0.2) is 4.98 Å². The first kappa shape index (κ1) is 7.13. The molecule has 0 radical (unpaired) electrons. The number of fused-ring (bicyclic) bond motifs is 1. The van der Waals surface area contributed by atoms with Crippen LogP contribution < -0.4 is 0 Å². The van der Waals surface area contributed by atoms with Crippen LogP contribution in [0.15, 0.2) is 22.9 Å². The number of rotatable bonds is 0. The predicted molar refractivity (Wildman–Crippen MR) is 48.8 cm³/mol. The van der Waals surface area contributed by atoms with E-state index in [1.165, 1.54) is 0 Å². The van der Waals surface area contributed by atoms with Crippen molar-refractivity contribution >= 4 is 38.4 Å². The van der Waals surface area contributed by atoms with E-state index in [1.54, 1.807) is 6.20 Å². The topological polar surface area (TPSA) is 28.7 Å². The van der Waals surface area contributed by atoms with E-state index >= 15 is 0 Å². The first-order chi connectivity index (χ1) is 5.29. The summed E-state index contributed by atoms with van der Waals surface area (Å²) in [5.41, 5.74) is 0.987. The van der Waals surface area contributed by atoms with Crippen LogP contribution in [0.1, 0.15) is 0 Å². The molecule has 0 amide bonds. The number of hydrogen-bond donors (Lipinski definition) is 1. The summed E-state index contributed by atoms with van der Waals surface area (Å²) in [5, 5.41) is 1.56. The second-order valence-electron chi connectivity index (χ2n) is 2.17. The zero-order valence-electron chi connectivity index (χ0n) is 5.44. The van der Waals surface area contributed by atoms with Gasteiger partial charge in [0.15, 0.2) is 0 Å². The Balaban J connectivity index is 2.93. The average Bonchev–Trinajstić information content (AvgIpc) is 2.45. The number of nitrogens with one attached hydrogen (secondary N) is 1. The lowest BCUT2D eigenvalue weighted by Gasteiger charge is -1.94. The summed E-state index contributed by atoms with van der Waals surface area (Å²) >= 11 is 9.12. The third-order valence-electron chi connectivity index (χ3n) is 1.50. The maximum Gasteiger partial charge on any atom is 0.143 e. The van der Waals surface area contributed by atoms with Gasteiger partial charge in [0.25, 0.3) is 0 Å². The van der Waals surface area contributed by atoms with E-state index in [0.29, 0.717) is 5.15 Å². The Hall–Kier alpha value is -0.540. The molecule has 0 unspecified atom stereocenters. The van der Waals surface area contributed by atoms with Crippen LogP contribution in [-0.4, -0.2) is 9.97 Å². The highest BCUT2D eigenvalue weighted by molar-refractivity contribution is 9.10. The Bertz CT molecular complexity index is 396. The fourth-order valence-corrected chi connectivity index (χ4v) is 1.57. The predicted octanol–water partition coefficient (Wildman–Crippen LogP) is 2.98. The molecule has 0 bridgehead atoms. The molecule has 2 rings (SSSR count). The van der Waals surface area contributed by atoms with E-state index in [4.69, 9.17) is 11.6 Å². The van der Waals surface area contributed by atoms with Gasteiger partial charge >= 0.3 is 0 Å². The monoisotopic (exact) mass is 230 g/mol. The van der Waals surface area contributed by atoms with Crippen molar-refractivity contribution in [2.45, 2.75) is 0 Å². The van der Waals surface area contributed by atoms with Crippen molar-refractivity contribution in [1.29, 1.82) is 0 Å². The molecule has 11 heavy (non-hydrogen) atoms. The fraction of sp³-hybridized carbons (Fsp3) is 0. The maximum absolute atomic E-state index is 5.77. The molecule has 2 aromatic rings. The summed E-state index contributed by atoms with van der Waals surface area (Å²) < 4.78 is 0.845. The van der Waals surface area contributed by atoms with Gasteiger partial charge in [-0.3, -0.25) is 0 Å². The molecule has 4 heteroatoms. The molecule has 0 fully saturated rings. The molecule has 2 aromatic heterocycles. The Morgan fingerprint density at radius 2 is 2.36 bits per heavy atom. The van der Waals surface area contributed by atoms with E-state index in [2.05, 4.69) is 25.9 Å². The molecular weight excluding hydrogens is 227 g/mol. The molecule has 0 aromatic carbocycles. The minimum Gasteiger partial charge on any atom is -0.360 e. The van der Waals surface area contributed by atoms with Crippen LogP contribution in [0.25, 0.3) is 10.9 Å². The number of aromatic nitrogens is 2. The normalized spacial score (nSPS) is 10.7. The Morgan fingerprint density at radius 3 is 3.18 bits per heavy atom. The maximum atomic E-state index is 5.77. The van der Waals surface area contributed by atoms with E-state index in [0.717, 1.165) is 15.4 Å². The van der Waals surface area contributed by atoms with Crippen molar-refractivity contribution in [3.05, 3.63) is 28.1 Å². The number of halogens is 2. The molecule has 0 aliphatic rings. The van der Waals surface area contributed by atoms with Crippen molar-refractivity contribution in [2.75, 3.05) is 0 Å². The van der Waals surface area contributed by atoms with Gasteiger partial charge in [0.1, 0.15) is 5.15 Å². The van der Waals surface area contributed by atoms with Gasteiger partial charge in [-0.15, -0.1) is 0 Å². The summed E-state index contributed by atoms with van der Waals surface area (Å²) in [6.45, 7) is 0. The summed E-state index contributed by atoms with van der Waals surface area (Å²) in [5.74, 6) is 0. The largest absolute Gasteiger partial charge is 0.360 e. The summed E-state index contributed by atoms with van der Waals surface area (Å²) in [7, 11) is 0. The summed E-state index contributed by atoms with van der Waals surface area (Å²) in [6, 6.07) is 1.95. The van der Waals surface area contributed by atoms with Crippen molar-refractivity contribution in [3.63, 3.8) is 0 Å². The van der Waals surface area contributed by atoms with Crippen LogP contribution in [0.3, 0.4) is 0 Å². The first-order valence-corrected chi connectivity index (χ1v) is 4.23. The van der Waals surface area contributed by atoms with Gasteiger partial charge in [0, 0.05) is 11.6 Å². The van der Waals surface area contributed by atoms with E-state index in [-0.39, 0.29) is 0 Å². The number of pyridine rings is 1. The Morgan fingerprint density at radius 1 is 1.55 bits per heavy atom. The van der Waals surface area contributed by atoms with Gasteiger partial charge in [0.05, 0.1) is 16.2 Å². The summed E-state index contributed by atoms with van der Waals surface area (Å²) in [4.78, 5) is 7.00. The lowest BCUT2D eigenvalue weighted by atomic mass is 10.3. The van der Waals surface area contributed by atoms with Crippen LogP contribution in [0.5, 0.6) is 0 Å².